The third-order valence-corrected chi connectivity index (χ3v) is 3.79. The monoisotopic (exact) mass is 518 g/mol. The molecular weight excluding hydrogens is 486 g/mol. The molecule has 11 nitrogen and oxygen atoms in total. The summed E-state index contributed by atoms with van der Waals surface area (Å²) in [5, 5.41) is 10.7. The number of nitrogens with zero attached hydrogens (tertiary/aromatic N) is 2. The van der Waals surface area contributed by atoms with Gasteiger partial charge in [0.1, 0.15) is 16.8 Å². The summed E-state index contributed by atoms with van der Waals surface area (Å²) in [6.07, 6.45) is -3.02. The SMILES string of the molecule is CC(C)(C)OC(=O)N1CC(F)(F)c2cc([N+](=O)[O-])ccc21.CC(C)(C)OC(=O)OC(=O)OC(C)(C)C. The molecule has 0 radical (unpaired) electrons. The van der Waals surface area contributed by atoms with E-state index >= 15 is 0 Å². The van der Waals surface area contributed by atoms with Crippen molar-refractivity contribution in [1.29, 1.82) is 0 Å². The molecule has 0 aliphatic carbocycles. The molecule has 0 unspecified atom stereocenters. The van der Waals surface area contributed by atoms with E-state index in [4.69, 9.17) is 14.2 Å². The summed E-state index contributed by atoms with van der Waals surface area (Å²) in [5.74, 6) is -3.35. The van der Waals surface area contributed by atoms with Gasteiger partial charge in [-0.25, -0.2) is 14.4 Å². The van der Waals surface area contributed by atoms with Crippen LogP contribution in [-0.4, -0.2) is 46.7 Å². The Balaban J connectivity index is 0.000000384. The Hall–Kier alpha value is -3.51. The van der Waals surface area contributed by atoms with Crippen LogP contribution in [0.5, 0.6) is 0 Å². The van der Waals surface area contributed by atoms with Crippen molar-refractivity contribution in [3.05, 3.63) is 33.9 Å². The van der Waals surface area contributed by atoms with Gasteiger partial charge in [0.05, 0.1) is 22.7 Å². The smallest absolute Gasteiger partial charge is 0.443 e. The number of halogens is 2. The van der Waals surface area contributed by atoms with Crippen molar-refractivity contribution < 1.29 is 47.0 Å². The summed E-state index contributed by atoms with van der Waals surface area (Å²) in [6.45, 7) is 14.0. The number of non-ortho nitro benzene ring substituents is 1. The van der Waals surface area contributed by atoms with Gasteiger partial charge in [0.25, 0.3) is 11.6 Å². The molecule has 36 heavy (non-hydrogen) atoms. The highest BCUT2D eigenvalue weighted by Gasteiger charge is 2.48. The van der Waals surface area contributed by atoms with Crippen LogP contribution in [0.3, 0.4) is 0 Å². The predicted octanol–water partition coefficient (Wildman–Crippen LogP) is 6.31. The second-order valence-electron chi connectivity index (χ2n) is 10.8. The molecule has 0 saturated carbocycles. The standard InChI is InChI=1S/C13H14F2N2O4.C10H18O5/c1-12(2,3)21-11(18)16-7-13(14,15)9-6-8(17(19)20)4-5-10(9)16;1-9(2,3)14-7(11)13-8(12)15-10(4,5)6/h4-6H,7H2,1-3H3;1-6H3. The lowest BCUT2D eigenvalue weighted by atomic mass is 10.1. The summed E-state index contributed by atoms with van der Waals surface area (Å²) in [4.78, 5) is 44.7. The molecule has 1 aromatic rings. The fraction of sp³-hybridized carbons (Fsp3) is 0.609. The molecule has 2 rings (SSSR count). The molecule has 0 spiro atoms. The summed E-state index contributed by atoms with van der Waals surface area (Å²) in [7, 11) is 0. The molecule has 1 aliphatic rings. The Morgan fingerprint density at radius 3 is 1.72 bits per heavy atom. The van der Waals surface area contributed by atoms with Crippen LogP contribution in [0.1, 0.15) is 67.9 Å². The number of carbonyl (C=O) groups excluding carboxylic acids is 3. The van der Waals surface area contributed by atoms with Gasteiger partial charge in [-0.2, -0.15) is 8.78 Å². The normalized spacial score (nSPS) is 14.6. The number of alkyl halides is 2. The summed E-state index contributed by atoms with van der Waals surface area (Å²) >= 11 is 0. The fourth-order valence-electron chi connectivity index (χ4n) is 2.62. The van der Waals surface area contributed by atoms with Crippen molar-refractivity contribution in [2.24, 2.45) is 0 Å². The number of ether oxygens (including phenoxy) is 4. The first-order valence-corrected chi connectivity index (χ1v) is 10.8. The Morgan fingerprint density at radius 2 is 1.33 bits per heavy atom. The first kappa shape index (κ1) is 30.5. The first-order valence-electron chi connectivity index (χ1n) is 10.8. The minimum atomic E-state index is -3.35. The number of anilines is 1. The Kier molecular flexibility index (Phi) is 9.01. The number of carbonyl (C=O) groups is 3. The van der Waals surface area contributed by atoms with Gasteiger partial charge in [0, 0.05) is 12.1 Å². The van der Waals surface area contributed by atoms with Crippen LogP contribution in [-0.2, 0) is 24.9 Å². The van der Waals surface area contributed by atoms with E-state index in [-0.39, 0.29) is 5.69 Å². The van der Waals surface area contributed by atoms with E-state index in [1.165, 1.54) is 0 Å². The summed E-state index contributed by atoms with van der Waals surface area (Å²) in [5.41, 5.74) is -3.27. The largest absolute Gasteiger partial charge is 0.519 e. The van der Waals surface area contributed by atoms with Crippen LogP contribution in [0.25, 0.3) is 0 Å². The van der Waals surface area contributed by atoms with Crippen LogP contribution in [0.15, 0.2) is 18.2 Å². The van der Waals surface area contributed by atoms with Crippen LogP contribution in [0.4, 0.5) is 34.5 Å². The number of hydrogen-bond acceptors (Lipinski definition) is 9. The number of benzene rings is 1. The van der Waals surface area contributed by atoms with Crippen molar-refractivity contribution in [3.63, 3.8) is 0 Å². The molecule has 0 N–H and O–H groups in total. The third kappa shape index (κ3) is 10.0. The van der Waals surface area contributed by atoms with Crippen LogP contribution >= 0.6 is 0 Å². The van der Waals surface area contributed by atoms with Crippen molar-refractivity contribution >= 4 is 29.8 Å². The number of fused-ring (bicyclic) bond motifs is 1. The minimum absolute atomic E-state index is 0.0696. The average Bonchev–Trinajstić information content (AvgIpc) is 2.88. The zero-order valence-corrected chi connectivity index (χ0v) is 21.8. The van der Waals surface area contributed by atoms with E-state index < -0.39 is 63.8 Å². The van der Waals surface area contributed by atoms with Crippen molar-refractivity contribution in [2.75, 3.05) is 11.4 Å². The zero-order chi connectivity index (χ0) is 28.3. The van der Waals surface area contributed by atoms with Gasteiger partial charge in [-0.15, -0.1) is 0 Å². The highest BCUT2D eigenvalue weighted by Crippen LogP contribution is 2.45. The maximum Gasteiger partial charge on any atom is 0.519 e. The highest BCUT2D eigenvalue weighted by molar-refractivity contribution is 5.91. The van der Waals surface area contributed by atoms with Gasteiger partial charge in [-0.05, 0) is 68.4 Å². The molecule has 1 heterocycles. The van der Waals surface area contributed by atoms with Gasteiger partial charge in [0.2, 0.25) is 0 Å². The number of nitro benzene ring substituents is 1. The quantitative estimate of drug-likeness (QED) is 0.138. The average molecular weight is 519 g/mol. The van der Waals surface area contributed by atoms with E-state index in [1.54, 1.807) is 62.3 Å². The Morgan fingerprint density at radius 1 is 0.889 bits per heavy atom. The highest BCUT2D eigenvalue weighted by atomic mass is 19.3. The van der Waals surface area contributed by atoms with E-state index in [9.17, 15) is 33.3 Å². The second-order valence-corrected chi connectivity index (χ2v) is 10.8. The Bertz CT molecular complexity index is 980. The van der Waals surface area contributed by atoms with E-state index in [2.05, 4.69) is 4.74 Å². The second kappa shape index (κ2) is 10.6. The van der Waals surface area contributed by atoms with Crippen molar-refractivity contribution in [2.45, 2.75) is 85.0 Å². The molecule has 1 aromatic carbocycles. The van der Waals surface area contributed by atoms with Gasteiger partial charge in [0.15, 0.2) is 0 Å². The van der Waals surface area contributed by atoms with Crippen LogP contribution < -0.4 is 4.90 Å². The molecule has 0 bridgehead atoms. The predicted molar refractivity (Wildman–Crippen MR) is 124 cm³/mol. The number of hydrogen-bond donors (Lipinski definition) is 0. The lowest BCUT2D eigenvalue weighted by Crippen LogP contribution is -2.37. The molecule has 0 aromatic heterocycles. The van der Waals surface area contributed by atoms with Gasteiger partial charge >= 0.3 is 18.4 Å². The Labute approximate surface area is 207 Å². The van der Waals surface area contributed by atoms with Gasteiger partial charge < -0.3 is 18.9 Å². The van der Waals surface area contributed by atoms with Gasteiger partial charge in [-0.1, -0.05) is 0 Å². The van der Waals surface area contributed by atoms with Crippen molar-refractivity contribution in [1.82, 2.24) is 0 Å². The topological polar surface area (TPSA) is 135 Å². The number of rotatable bonds is 1. The van der Waals surface area contributed by atoms with E-state index in [0.717, 1.165) is 23.1 Å². The summed E-state index contributed by atoms with van der Waals surface area (Å²) in [6, 6.07) is 3.01. The molecule has 202 valence electrons. The summed E-state index contributed by atoms with van der Waals surface area (Å²) < 4.78 is 46.8. The first-order chi connectivity index (χ1) is 16.0. The molecule has 0 atom stereocenters. The number of nitro groups is 1. The number of amides is 1. The molecule has 1 aliphatic heterocycles. The van der Waals surface area contributed by atoms with E-state index in [1.807, 2.05) is 0 Å². The van der Waals surface area contributed by atoms with Crippen LogP contribution in [0.2, 0.25) is 0 Å². The lowest BCUT2D eigenvalue weighted by molar-refractivity contribution is -0.385. The molecule has 0 fully saturated rings. The lowest BCUT2D eigenvalue weighted by Gasteiger charge is -2.24. The maximum absolute atomic E-state index is 14.0. The third-order valence-electron chi connectivity index (χ3n) is 3.79. The maximum atomic E-state index is 14.0. The fourth-order valence-corrected chi connectivity index (χ4v) is 2.62. The molecule has 1 amide bonds. The zero-order valence-electron chi connectivity index (χ0n) is 21.8. The van der Waals surface area contributed by atoms with Crippen LogP contribution in [0, 0.1) is 10.1 Å². The molecule has 13 heteroatoms. The van der Waals surface area contributed by atoms with Crippen molar-refractivity contribution in [3.8, 4) is 0 Å². The van der Waals surface area contributed by atoms with E-state index in [0.29, 0.717) is 0 Å². The van der Waals surface area contributed by atoms with Gasteiger partial charge in [-0.3, -0.25) is 15.0 Å². The molecular formula is C23H32F2N2O9. The minimum Gasteiger partial charge on any atom is -0.443 e. The molecule has 0 saturated heterocycles.